The van der Waals surface area contributed by atoms with Gasteiger partial charge in [-0.1, -0.05) is 18.7 Å². The molecule has 0 aliphatic rings. The molecule has 1 aromatic carbocycles. The first-order valence-corrected chi connectivity index (χ1v) is 3.69. The predicted molar refractivity (Wildman–Crippen MR) is 46.6 cm³/mol. The van der Waals surface area contributed by atoms with E-state index in [0.717, 1.165) is 6.07 Å². The molecule has 0 radical (unpaired) electrons. The van der Waals surface area contributed by atoms with E-state index in [1.807, 2.05) is 0 Å². The molecule has 1 aromatic rings. The molecule has 0 heterocycles. The molecule has 0 amide bonds. The van der Waals surface area contributed by atoms with Gasteiger partial charge in [-0.3, -0.25) is 0 Å². The molecular formula is C10H6F4. The van der Waals surface area contributed by atoms with Crippen LogP contribution < -0.4 is 0 Å². The molecule has 14 heavy (non-hydrogen) atoms. The topological polar surface area (TPSA) is 0 Å². The summed E-state index contributed by atoms with van der Waals surface area (Å²) in [7, 11) is 0. The monoisotopic (exact) mass is 202 g/mol. The van der Waals surface area contributed by atoms with Crippen LogP contribution in [0.15, 0.2) is 24.8 Å². The van der Waals surface area contributed by atoms with Gasteiger partial charge in [0.15, 0.2) is 11.6 Å². The Morgan fingerprint density at radius 2 is 1.86 bits per heavy atom. The average Bonchev–Trinajstić information content (AvgIpc) is 2.13. The molecule has 4 heteroatoms. The number of hydrogen-bond donors (Lipinski definition) is 0. The molecule has 0 nitrogen and oxygen atoms in total. The van der Waals surface area contributed by atoms with Crippen LogP contribution in [-0.4, -0.2) is 0 Å². The van der Waals surface area contributed by atoms with Crippen molar-refractivity contribution in [3.63, 3.8) is 0 Å². The Labute approximate surface area is 78.2 Å². The number of rotatable bonds is 2. The Morgan fingerprint density at radius 3 is 2.36 bits per heavy atom. The van der Waals surface area contributed by atoms with Crippen LogP contribution in [-0.2, 0) is 0 Å². The van der Waals surface area contributed by atoms with Crippen molar-refractivity contribution in [2.24, 2.45) is 0 Å². The fraction of sp³-hybridized carbons (Fsp3) is 0. The van der Waals surface area contributed by atoms with Gasteiger partial charge in [0.05, 0.1) is 0 Å². The molecule has 0 spiro atoms. The maximum Gasteiger partial charge on any atom is 0.271 e. The van der Waals surface area contributed by atoms with Crippen LogP contribution in [0, 0.1) is 11.6 Å². The van der Waals surface area contributed by atoms with Gasteiger partial charge in [-0.15, -0.1) is 0 Å². The molecule has 0 atom stereocenters. The van der Waals surface area contributed by atoms with Crippen molar-refractivity contribution in [2.75, 3.05) is 0 Å². The Bertz CT molecular complexity index is 389. The molecule has 0 saturated carbocycles. The third kappa shape index (κ3) is 2.02. The second kappa shape index (κ2) is 4.09. The van der Waals surface area contributed by atoms with E-state index in [1.54, 1.807) is 0 Å². The number of halogens is 4. The zero-order valence-corrected chi connectivity index (χ0v) is 7.03. The fourth-order valence-corrected chi connectivity index (χ4v) is 1.02. The van der Waals surface area contributed by atoms with Gasteiger partial charge in [-0.25, -0.2) is 8.78 Å². The minimum absolute atomic E-state index is 0.122. The highest BCUT2D eigenvalue weighted by atomic mass is 19.3. The summed E-state index contributed by atoms with van der Waals surface area (Å²) in [5, 5.41) is 0. The van der Waals surface area contributed by atoms with Crippen molar-refractivity contribution >= 4 is 12.2 Å². The van der Waals surface area contributed by atoms with E-state index >= 15 is 0 Å². The third-order valence-corrected chi connectivity index (χ3v) is 1.64. The lowest BCUT2D eigenvalue weighted by Crippen LogP contribution is -1.92. The summed E-state index contributed by atoms with van der Waals surface area (Å²) in [6.07, 6.45) is -0.634. The molecule has 0 aromatic heterocycles. The van der Waals surface area contributed by atoms with Crippen LogP contribution in [0.1, 0.15) is 11.1 Å². The van der Waals surface area contributed by atoms with Crippen LogP contribution in [0.25, 0.3) is 12.2 Å². The molecule has 0 aliphatic heterocycles. The molecule has 0 saturated heterocycles. The second-order valence-corrected chi connectivity index (χ2v) is 2.50. The van der Waals surface area contributed by atoms with Crippen LogP contribution in [0.2, 0.25) is 0 Å². The second-order valence-electron chi connectivity index (χ2n) is 2.50. The van der Waals surface area contributed by atoms with Crippen molar-refractivity contribution in [1.82, 2.24) is 0 Å². The van der Waals surface area contributed by atoms with Crippen molar-refractivity contribution in [2.45, 2.75) is 0 Å². The highest BCUT2D eigenvalue weighted by Crippen LogP contribution is 2.21. The Morgan fingerprint density at radius 1 is 1.21 bits per heavy atom. The fourth-order valence-electron chi connectivity index (χ4n) is 1.02. The summed E-state index contributed by atoms with van der Waals surface area (Å²) in [6.45, 7) is 3.31. The van der Waals surface area contributed by atoms with Gasteiger partial charge < -0.3 is 0 Å². The maximum atomic E-state index is 13.0. The maximum absolute atomic E-state index is 13.0. The standard InChI is InChI=1S/C10H6F4/c1-2-6-3-4-8(11)10(14)7(6)5-9(12)13/h2-5H,1H2. The third-order valence-electron chi connectivity index (χ3n) is 1.64. The van der Waals surface area contributed by atoms with E-state index in [0.29, 0.717) is 0 Å². The molecule has 0 fully saturated rings. The van der Waals surface area contributed by atoms with Gasteiger partial charge in [0.2, 0.25) is 0 Å². The molecule has 0 unspecified atom stereocenters. The van der Waals surface area contributed by atoms with E-state index in [-0.39, 0.29) is 11.6 Å². The first-order valence-electron chi connectivity index (χ1n) is 3.69. The Kier molecular flexibility index (Phi) is 3.06. The highest BCUT2D eigenvalue weighted by molar-refractivity contribution is 5.65. The van der Waals surface area contributed by atoms with Crippen molar-refractivity contribution < 1.29 is 17.6 Å². The molecule has 0 N–H and O–H groups in total. The average molecular weight is 202 g/mol. The molecule has 74 valence electrons. The smallest absolute Gasteiger partial charge is 0.204 e. The summed E-state index contributed by atoms with van der Waals surface area (Å²) in [6, 6.07) is 2.04. The first-order chi connectivity index (χ1) is 6.56. The van der Waals surface area contributed by atoms with Gasteiger partial charge in [-0.2, -0.15) is 8.78 Å². The minimum Gasteiger partial charge on any atom is -0.204 e. The summed E-state index contributed by atoms with van der Waals surface area (Å²) >= 11 is 0. The summed E-state index contributed by atoms with van der Waals surface area (Å²) in [5.41, 5.74) is -0.364. The predicted octanol–water partition coefficient (Wildman–Crippen LogP) is 3.85. The van der Waals surface area contributed by atoms with E-state index < -0.39 is 23.3 Å². The number of benzene rings is 1. The normalized spacial score (nSPS) is 9.71. The zero-order chi connectivity index (χ0) is 10.7. The van der Waals surface area contributed by atoms with Gasteiger partial charge in [-0.05, 0) is 11.6 Å². The summed E-state index contributed by atoms with van der Waals surface area (Å²) in [5.74, 6) is -2.46. The molecule has 0 bridgehead atoms. The van der Waals surface area contributed by atoms with Crippen LogP contribution in [0.3, 0.4) is 0 Å². The highest BCUT2D eigenvalue weighted by Gasteiger charge is 2.10. The molecular weight excluding hydrogens is 196 g/mol. The van der Waals surface area contributed by atoms with E-state index in [1.165, 1.54) is 12.1 Å². The lowest BCUT2D eigenvalue weighted by molar-refractivity contribution is 0.428. The van der Waals surface area contributed by atoms with Crippen LogP contribution in [0.5, 0.6) is 0 Å². The lowest BCUT2D eigenvalue weighted by Gasteiger charge is -2.02. The minimum atomic E-state index is -2.09. The van der Waals surface area contributed by atoms with E-state index in [4.69, 9.17) is 0 Å². The van der Waals surface area contributed by atoms with Crippen LogP contribution in [0.4, 0.5) is 17.6 Å². The zero-order valence-electron chi connectivity index (χ0n) is 7.03. The van der Waals surface area contributed by atoms with E-state index in [9.17, 15) is 17.6 Å². The van der Waals surface area contributed by atoms with Crippen molar-refractivity contribution in [1.29, 1.82) is 0 Å². The molecule has 1 rings (SSSR count). The van der Waals surface area contributed by atoms with Crippen molar-refractivity contribution in [3.05, 3.63) is 47.6 Å². The van der Waals surface area contributed by atoms with Gasteiger partial charge in [0.25, 0.3) is 6.08 Å². The lowest BCUT2D eigenvalue weighted by atomic mass is 10.1. The van der Waals surface area contributed by atoms with Crippen molar-refractivity contribution in [3.8, 4) is 0 Å². The quantitative estimate of drug-likeness (QED) is 0.639. The Balaban J connectivity index is 3.43. The number of hydrogen-bond acceptors (Lipinski definition) is 0. The molecule has 0 aliphatic carbocycles. The van der Waals surface area contributed by atoms with Gasteiger partial charge in [0.1, 0.15) is 0 Å². The van der Waals surface area contributed by atoms with E-state index in [2.05, 4.69) is 6.58 Å². The van der Waals surface area contributed by atoms with Gasteiger partial charge in [0, 0.05) is 11.6 Å². The largest absolute Gasteiger partial charge is 0.271 e. The van der Waals surface area contributed by atoms with Gasteiger partial charge >= 0.3 is 0 Å². The summed E-state index contributed by atoms with van der Waals surface area (Å²) in [4.78, 5) is 0. The summed E-state index contributed by atoms with van der Waals surface area (Å²) < 4.78 is 49.4. The SMILES string of the molecule is C=Cc1ccc(F)c(F)c1C=C(F)F. The Hall–Kier alpha value is -1.58. The first kappa shape index (κ1) is 10.5. The van der Waals surface area contributed by atoms with Crippen LogP contribution >= 0.6 is 0 Å².